The number of hydrogen-bond donors (Lipinski definition) is 1. The summed E-state index contributed by atoms with van der Waals surface area (Å²) in [7, 11) is 0. The molecule has 5 nitrogen and oxygen atoms in total. The summed E-state index contributed by atoms with van der Waals surface area (Å²) in [6.45, 7) is 6.19. The number of ether oxygens (including phenoxy) is 2. The molecule has 106 valence electrons. The van der Waals surface area contributed by atoms with Gasteiger partial charge in [0.25, 0.3) is 5.91 Å². The molecule has 0 saturated carbocycles. The van der Waals surface area contributed by atoms with Crippen LogP contribution >= 0.6 is 0 Å². The average Bonchev–Trinajstić information content (AvgIpc) is 2.38. The van der Waals surface area contributed by atoms with Crippen molar-refractivity contribution in [3.63, 3.8) is 0 Å². The van der Waals surface area contributed by atoms with Gasteiger partial charge in [0.2, 0.25) is 5.88 Å². The van der Waals surface area contributed by atoms with E-state index in [0.29, 0.717) is 23.8 Å². The fourth-order valence-corrected chi connectivity index (χ4v) is 1.97. The van der Waals surface area contributed by atoms with Gasteiger partial charge in [0, 0.05) is 11.6 Å². The molecule has 2 rings (SSSR count). The molecule has 5 heteroatoms. The van der Waals surface area contributed by atoms with E-state index in [1.807, 2.05) is 26.8 Å². The van der Waals surface area contributed by atoms with Crippen LogP contribution < -0.4 is 15.2 Å². The van der Waals surface area contributed by atoms with Crippen LogP contribution in [0.15, 0.2) is 24.4 Å². The number of rotatable bonds is 5. The van der Waals surface area contributed by atoms with Gasteiger partial charge in [-0.3, -0.25) is 4.79 Å². The number of aromatic nitrogens is 1. The number of nitrogens with zero attached hydrogens (tertiary/aromatic N) is 1. The van der Waals surface area contributed by atoms with Gasteiger partial charge in [0.1, 0.15) is 5.75 Å². The topological polar surface area (TPSA) is 74.4 Å². The van der Waals surface area contributed by atoms with Gasteiger partial charge in [0.15, 0.2) is 0 Å². The molecular formula is C15H18N2O3. The zero-order chi connectivity index (χ0) is 14.7. The quantitative estimate of drug-likeness (QED) is 0.909. The van der Waals surface area contributed by atoms with Crippen molar-refractivity contribution in [2.24, 2.45) is 5.73 Å². The highest BCUT2D eigenvalue weighted by Gasteiger charge is 2.15. The summed E-state index contributed by atoms with van der Waals surface area (Å²) in [5.41, 5.74) is 5.77. The summed E-state index contributed by atoms with van der Waals surface area (Å²) in [4.78, 5) is 15.8. The van der Waals surface area contributed by atoms with Gasteiger partial charge in [-0.15, -0.1) is 0 Å². The summed E-state index contributed by atoms with van der Waals surface area (Å²) >= 11 is 0. The average molecular weight is 274 g/mol. The minimum Gasteiger partial charge on any atom is -0.490 e. The van der Waals surface area contributed by atoms with Crippen LogP contribution in [0.3, 0.4) is 0 Å². The highest BCUT2D eigenvalue weighted by molar-refractivity contribution is 6.01. The number of pyridine rings is 1. The van der Waals surface area contributed by atoms with Gasteiger partial charge in [0.05, 0.1) is 18.3 Å². The van der Waals surface area contributed by atoms with Crippen LogP contribution in [0.5, 0.6) is 11.6 Å². The largest absolute Gasteiger partial charge is 0.490 e. The number of hydrogen-bond acceptors (Lipinski definition) is 4. The Morgan fingerprint density at radius 2 is 2.15 bits per heavy atom. The first-order chi connectivity index (χ1) is 9.52. The van der Waals surface area contributed by atoms with Gasteiger partial charge in [-0.1, -0.05) is 0 Å². The van der Waals surface area contributed by atoms with Gasteiger partial charge < -0.3 is 15.2 Å². The smallest absolute Gasteiger partial charge is 0.252 e. The summed E-state index contributed by atoms with van der Waals surface area (Å²) in [6.07, 6.45) is 1.58. The third kappa shape index (κ3) is 2.82. The molecule has 0 radical (unpaired) electrons. The predicted molar refractivity (Wildman–Crippen MR) is 77.2 cm³/mol. The molecule has 1 aromatic carbocycles. The molecule has 0 fully saturated rings. The minimum atomic E-state index is -0.516. The standard InChI is InChI=1S/C15H18N2O3/c1-4-19-15-11-8-13(20-9(2)3)12(14(16)18)7-10(11)5-6-17-15/h5-9H,4H2,1-3H3,(H2,16,18). The molecule has 0 aliphatic carbocycles. The van der Waals surface area contributed by atoms with E-state index in [1.165, 1.54) is 0 Å². The number of carbonyl (C=O) groups excluding carboxylic acids is 1. The van der Waals surface area contributed by atoms with Crippen molar-refractivity contribution in [2.75, 3.05) is 6.61 Å². The number of benzene rings is 1. The summed E-state index contributed by atoms with van der Waals surface area (Å²) in [5, 5.41) is 1.64. The fourth-order valence-electron chi connectivity index (χ4n) is 1.97. The lowest BCUT2D eigenvalue weighted by atomic mass is 10.1. The third-order valence-corrected chi connectivity index (χ3v) is 2.74. The van der Waals surface area contributed by atoms with Crippen LogP contribution in [-0.2, 0) is 0 Å². The molecule has 0 bridgehead atoms. The number of nitrogens with two attached hydrogens (primary N) is 1. The normalized spacial score (nSPS) is 10.8. The van der Waals surface area contributed by atoms with Crippen molar-refractivity contribution < 1.29 is 14.3 Å². The zero-order valence-electron chi connectivity index (χ0n) is 11.8. The Bertz CT molecular complexity index is 638. The van der Waals surface area contributed by atoms with Crippen molar-refractivity contribution >= 4 is 16.7 Å². The molecular weight excluding hydrogens is 256 g/mol. The van der Waals surface area contributed by atoms with Gasteiger partial charge in [-0.05, 0) is 44.4 Å². The van der Waals surface area contributed by atoms with Crippen LogP contribution in [0.4, 0.5) is 0 Å². The molecule has 0 unspecified atom stereocenters. The van der Waals surface area contributed by atoms with Gasteiger partial charge in [-0.2, -0.15) is 0 Å². The fraction of sp³-hybridized carbons (Fsp3) is 0.333. The van der Waals surface area contributed by atoms with Crippen LogP contribution in [-0.4, -0.2) is 23.6 Å². The van der Waals surface area contributed by atoms with Crippen molar-refractivity contribution in [2.45, 2.75) is 26.9 Å². The second-order valence-corrected chi connectivity index (χ2v) is 4.65. The lowest BCUT2D eigenvalue weighted by molar-refractivity contribution is 0.0995. The van der Waals surface area contributed by atoms with E-state index in [9.17, 15) is 4.79 Å². The first-order valence-corrected chi connectivity index (χ1v) is 6.55. The molecule has 2 N–H and O–H groups in total. The second kappa shape index (κ2) is 5.77. The molecule has 0 aliphatic heterocycles. The second-order valence-electron chi connectivity index (χ2n) is 4.65. The maximum absolute atomic E-state index is 11.6. The van der Waals surface area contributed by atoms with E-state index < -0.39 is 5.91 Å². The SMILES string of the molecule is CCOc1nccc2cc(C(N)=O)c(OC(C)C)cc12. The van der Waals surface area contributed by atoms with Crippen molar-refractivity contribution in [1.29, 1.82) is 0 Å². The maximum atomic E-state index is 11.6. The summed E-state index contributed by atoms with van der Waals surface area (Å²) in [5.74, 6) is 0.459. The Balaban J connectivity index is 2.65. The van der Waals surface area contributed by atoms with Crippen molar-refractivity contribution in [1.82, 2.24) is 4.98 Å². The number of carbonyl (C=O) groups is 1. The van der Waals surface area contributed by atoms with E-state index in [-0.39, 0.29) is 6.10 Å². The maximum Gasteiger partial charge on any atom is 0.252 e. The summed E-state index contributed by atoms with van der Waals surface area (Å²) in [6, 6.07) is 5.27. The Hall–Kier alpha value is -2.30. The van der Waals surface area contributed by atoms with Gasteiger partial charge in [-0.25, -0.2) is 4.98 Å². The number of primary amides is 1. The van der Waals surface area contributed by atoms with E-state index >= 15 is 0 Å². The summed E-state index contributed by atoms with van der Waals surface area (Å²) < 4.78 is 11.2. The molecule has 0 saturated heterocycles. The molecule has 1 amide bonds. The first kappa shape index (κ1) is 14.1. The predicted octanol–water partition coefficient (Wildman–Crippen LogP) is 2.52. The van der Waals surface area contributed by atoms with E-state index in [0.717, 1.165) is 10.8 Å². The number of fused-ring (bicyclic) bond motifs is 1. The monoisotopic (exact) mass is 274 g/mol. The lowest BCUT2D eigenvalue weighted by Gasteiger charge is -2.15. The Morgan fingerprint density at radius 3 is 2.75 bits per heavy atom. The lowest BCUT2D eigenvalue weighted by Crippen LogP contribution is -2.15. The van der Waals surface area contributed by atoms with E-state index in [2.05, 4.69) is 4.98 Å². The molecule has 0 spiro atoms. The van der Waals surface area contributed by atoms with Crippen LogP contribution in [0, 0.1) is 0 Å². The molecule has 1 heterocycles. The molecule has 1 aromatic heterocycles. The van der Waals surface area contributed by atoms with Gasteiger partial charge >= 0.3 is 0 Å². The van der Waals surface area contributed by atoms with E-state index in [4.69, 9.17) is 15.2 Å². The number of amides is 1. The third-order valence-electron chi connectivity index (χ3n) is 2.74. The van der Waals surface area contributed by atoms with Crippen LogP contribution in [0.1, 0.15) is 31.1 Å². The highest BCUT2D eigenvalue weighted by atomic mass is 16.5. The zero-order valence-corrected chi connectivity index (χ0v) is 11.8. The van der Waals surface area contributed by atoms with Crippen LogP contribution in [0.25, 0.3) is 10.8 Å². The van der Waals surface area contributed by atoms with Crippen molar-refractivity contribution in [3.05, 3.63) is 30.0 Å². The Morgan fingerprint density at radius 1 is 1.40 bits per heavy atom. The molecule has 20 heavy (non-hydrogen) atoms. The van der Waals surface area contributed by atoms with Crippen molar-refractivity contribution in [3.8, 4) is 11.6 Å². The first-order valence-electron chi connectivity index (χ1n) is 6.55. The minimum absolute atomic E-state index is 0.0576. The van der Waals surface area contributed by atoms with E-state index in [1.54, 1.807) is 18.3 Å². The Kier molecular flexibility index (Phi) is 4.08. The van der Waals surface area contributed by atoms with Crippen LogP contribution in [0.2, 0.25) is 0 Å². The molecule has 0 atom stereocenters. The molecule has 0 aliphatic rings. The highest BCUT2D eigenvalue weighted by Crippen LogP contribution is 2.31. The Labute approximate surface area is 117 Å². The molecule has 2 aromatic rings.